The van der Waals surface area contributed by atoms with Crippen LogP contribution >= 0.6 is 0 Å². The molecule has 1 fully saturated rings. The first-order chi connectivity index (χ1) is 14.2. The van der Waals surface area contributed by atoms with Crippen molar-refractivity contribution in [1.82, 2.24) is 10.2 Å². The van der Waals surface area contributed by atoms with E-state index >= 15 is 0 Å². The number of nitrogens with zero attached hydrogens (tertiary/aromatic N) is 2. The van der Waals surface area contributed by atoms with Crippen molar-refractivity contribution in [3.05, 3.63) is 76.7 Å². The largest absolute Gasteiger partial charge is 0.365 e. The number of anilines is 1. The first kappa shape index (κ1) is 19.9. The van der Waals surface area contributed by atoms with Crippen LogP contribution in [0.25, 0.3) is 11.6 Å². The number of hydrogen-bond acceptors (Lipinski definition) is 3. The number of amides is 3. The van der Waals surface area contributed by atoms with E-state index < -0.39 is 17.8 Å². The van der Waals surface area contributed by atoms with Crippen LogP contribution in [0.1, 0.15) is 37.5 Å². The number of benzene rings is 2. The molecule has 154 valence electrons. The maximum absolute atomic E-state index is 14.9. The van der Waals surface area contributed by atoms with Crippen LogP contribution in [-0.2, 0) is 11.3 Å². The Balaban J connectivity index is 1.67. The molecule has 5 nitrogen and oxygen atoms in total. The van der Waals surface area contributed by atoms with Gasteiger partial charge in [-0.15, -0.1) is 0 Å². The number of halogens is 1. The summed E-state index contributed by atoms with van der Waals surface area (Å²) in [6.07, 6.45) is 3.54. The highest BCUT2D eigenvalue weighted by atomic mass is 19.1. The van der Waals surface area contributed by atoms with Gasteiger partial charge < -0.3 is 10.2 Å². The van der Waals surface area contributed by atoms with Crippen molar-refractivity contribution in [1.29, 1.82) is 0 Å². The van der Waals surface area contributed by atoms with Crippen LogP contribution in [0, 0.1) is 5.82 Å². The topological polar surface area (TPSA) is 52.7 Å². The highest BCUT2D eigenvalue weighted by molar-refractivity contribution is 6.14. The Morgan fingerprint density at radius 2 is 1.83 bits per heavy atom. The van der Waals surface area contributed by atoms with Gasteiger partial charge in [0.15, 0.2) is 0 Å². The lowest BCUT2D eigenvalue weighted by Gasteiger charge is -2.40. The van der Waals surface area contributed by atoms with Crippen LogP contribution in [0.2, 0.25) is 0 Å². The van der Waals surface area contributed by atoms with E-state index in [0.717, 1.165) is 27.3 Å². The molecule has 30 heavy (non-hydrogen) atoms. The van der Waals surface area contributed by atoms with E-state index in [1.807, 2.05) is 49.2 Å². The van der Waals surface area contributed by atoms with E-state index in [1.165, 1.54) is 12.1 Å². The summed E-state index contributed by atoms with van der Waals surface area (Å²) in [5.74, 6) is -0.909. The lowest BCUT2D eigenvalue weighted by molar-refractivity contribution is -0.123. The SMILES string of the molecule is CC1=CC(C)(C)N(C)c2cc(F)c(/C=C3/NC(=O)N(Cc4ccccc4)C3=O)cc21. The molecule has 1 N–H and O–H groups in total. The van der Waals surface area contributed by atoms with E-state index in [0.29, 0.717) is 0 Å². The molecule has 1 saturated heterocycles. The lowest BCUT2D eigenvalue weighted by atomic mass is 9.88. The summed E-state index contributed by atoms with van der Waals surface area (Å²) in [7, 11) is 1.93. The van der Waals surface area contributed by atoms with Gasteiger partial charge in [0.1, 0.15) is 11.5 Å². The van der Waals surface area contributed by atoms with Gasteiger partial charge in [0, 0.05) is 23.9 Å². The molecular weight excluding hydrogens is 381 g/mol. The summed E-state index contributed by atoms with van der Waals surface area (Å²) in [5, 5.41) is 2.57. The van der Waals surface area contributed by atoms with Gasteiger partial charge in [0.25, 0.3) is 5.91 Å². The Hall–Kier alpha value is -3.41. The number of carbonyl (C=O) groups excluding carboxylic acids is 2. The number of likely N-dealkylation sites (N-methyl/N-ethyl adjacent to an activating group) is 1. The van der Waals surface area contributed by atoms with Gasteiger partial charge in [-0.25, -0.2) is 9.18 Å². The molecule has 0 unspecified atom stereocenters. The summed E-state index contributed by atoms with van der Waals surface area (Å²) in [6, 6.07) is 12.0. The summed E-state index contributed by atoms with van der Waals surface area (Å²) >= 11 is 0. The molecule has 0 aliphatic carbocycles. The highest BCUT2D eigenvalue weighted by Crippen LogP contribution is 2.39. The van der Waals surface area contributed by atoms with Crippen LogP contribution in [0.3, 0.4) is 0 Å². The Morgan fingerprint density at radius 3 is 2.53 bits per heavy atom. The van der Waals surface area contributed by atoms with Crippen LogP contribution in [0.4, 0.5) is 14.9 Å². The second-order valence-corrected chi connectivity index (χ2v) is 8.30. The summed E-state index contributed by atoms with van der Waals surface area (Å²) in [6.45, 7) is 6.30. The number of imide groups is 1. The van der Waals surface area contributed by atoms with Crippen molar-refractivity contribution in [3.63, 3.8) is 0 Å². The van der Waals surface area contributed by atoms with Crippen molar-refractivity contribution in [2.24, 2.45) is 0 Å². The molecule has 0 aromatic heterocycles. The summed E-state index contributed by atoms with van der Waals surface area (Å²) in [5.41, 5.74) is 3.70. The molecule has 2 heterocycles. The molecule has 0 bridgehead atoms. The molecule has 0 spiro atoms. The standard InChI is InChI=1S/C24H24FN3O2/c1-15-13-24(2,3)27(4)21-12-19(25)17(10-18(15)21)11-20-22(29)28(23(30)26-20)14-16-8-6-5-7-9-16/h5-13H,14H2,1-4H3,(H,26,30)/b20-11+. The molecule has 3 amide bonds. The second kappa shape index (κ2) is 7.13. The maximum Gasteiger partial charge on any atom is 0.329 e. The fourth-order valence-corrected chi connectivity index (χ4v) is 3.94. The number of rotatable bonds is 3. The fraction of sp³-hybridized carbons (Fsp3) is 0.250. The molecule has 6 heteroatoms. The average Bonchev–Trinajstić information content (AvgIpc) is 2.95. The van der Waals surface area contributed by atoms with Gasteiger partial charge in [-0.05, 0) is 50.1 Å². The van der Waals surface area contributed by atoms with Gasteiger partial charge in [-0.1, -0.05) is 36.4 Å². The minimum Gasteiger partial charge on any atom is -0.365 e. The van der Waals surface area contributed by atoms with Crippen LogP contribution < -0.4 is 10.2 Å². The number of urea groups is 1. The fourth-order valence-electron chi connectivity index (χ4n) is 3.94. The van der Waals surface area contributed by atoms with Gasteiger partial charge in [-0.2, -0.15) is 0 Å². The minimum absolute atomic E-state index is 0.0703. The highest BCUT2D eigenvalue weighted by Gasteiger charge is 2.34. The van der Waals surface area contributed by atoms with Crippen LogP contribution in [0.5, 0.6) is 0 Å². The Kier molecular flexibility index (Phi) is 4.73. The number of carbonyl (C=O) groups is 2. The predicted molar refractivity (Wildman–Crippen MR) is 116 cm³/mol. The number of nitrogens with one attached hydrogen (secondary N) is 1. The molecule has 2 aromatic carbocycles. The van der Waals surface area contributed by atoms with E-state index in [-0.39, 0.29) is 23.3 Å². The molecular formula is C24H24FN3O2. The third-order valence-corrected chi connectivity index (χ3v) is 5.78. The molecule has 0 saturated carbocycles. The average molecular weight is 405 g/mol. The van der Waals surface area contributed by atoms with E-state index in [4.69, 9.17) is 0 Å². The zero-order valence-electron chi connectivity index (χ0n) is 17.5. The smallest absolute Gasteiger partial charge is 0.329 e. The minimum atomic E-state index is -0.508. The predicted octanol–water partition coefficient (Wildman–Crippen LogP) is 4.55. The maximum atomic E-state index is 14.9. The van der Waals surface area contributed by atoms with Gasteiger partial charge in [0.2, 0.25) is 0 Å². The van der Waals surface area contributed by atoms with Gasteiger partial charge in [0.05, 0.1) is 12.1 Å². The molecule has 0 atom stereocenters. The molecule has 2 aliphatic heterocycles. The monoisotopic (exact) mass is 405 g/mol. The Labute approximate surface area is 175 Å². The summed E-state index contributed by atoms with van der Waals surface area (Å²) in [4.78, 5) is 28.2. The first-order valence-electron chi connectivity index (χ1n) is 9.83. The number of allylic oxidation sites excluding steroid dienone is 1. The lowest BCUT2D eigenvalue weighted by Crippen LogP contribution is -2.42. The second-order valence-electron chi connectivity index (χ2n) is 8.30. The van der Waals surface area contributed by atoms with E-state index in [1.54, 1.807) is 6.07 Å². The van der Waals surface area contributed by atoms with Gasteiger partial charge in [-0.3, -0.25) is 9.69 Å². The zero-order valence-corrected chi connectivity index (χ0v) is 17.5. The van der Waals surface area contributed by atoms with Crippen LogP contribution in [-0.4, -0.2) is 29.4 Å². The molecule has 4 rings (SSSR count). The Morgan fingerprint density at radius 1 is 1.13 bits per heavy atom. The zero-order chi connectivity index (χ0) is 21.6. The third kappa shape index (κ3) is 3.38. The number of hydrogen-bond donors (Lipinski definition) is 1. The number of fused-ring (bicyclic) bond motifs is 1. The van der Waals surface area contributed by atoms with Crippen molar-refractivity contribution in [2.45, 2.75) is 32.9 Å². The Bertz CT molecular complexity index is 1100. The van der Waals surface area contributed by atoms with Gasteiger partial charge >= 0.3 is 6.03 Å². The quantitative estimate of drug-likeness (QED) is 0.602. The first-order valence-corrected chi connectivity index (χ1v) is 9.83. The third-order valence-electron chi connectivity index (χ3n) is 5.78. The molecule has 2 aromatic rings. The van der Waals surface area contributed by atoms with E-state index in [2.05, 4.69) is 25.2 Å². The van der Waals surface area contributed by atoms with E-state index in [9.17, 15) is 14.0 Å². The van der Waals surface area contributed by atoms with Crippen molar-refractivity contribution >= 4 is 29.3 Å². The van der Waals surface area contributed by atoms with Crippen LogP contribution in [0.15, 0.2) is 54.2 Å². The normalized spacial score (nSPS) is 19.1. The molecule has 2 aliphatic rings. The van der Waals surface area contributed by atoms with Crippen molar-refractivity contribution in [2.75, 3.05) is 11.9 Å². The van der Waals surface area contributed by atoms with Crippen molar-refractivity contribution < 1.29 is 14.0 Å². The molecule has 0 radical (unpaired) electrons. The van der Waals surface area contributed by atoms with Crippen molar-refractivity contribution in [3.8, 4) is 0 Å². The summed E-state index contributed by atoms with van der Waals surface area (Å²) < 4.78 is 14.9.